The predicted molar refractivity (Wildman–Crippen MR) is 64.9 cm³/mol. The lowest BCUT2D eigenvalue weighted by Crippen LogP contribution is -2.34. The van der Waals surface area contributed by atoms with Gasteiger partial charge in [0, 0.05) is 6.04 Å². The molecule has 1 heterocycles. The van der Waals surface area contributed by atoms with E-state index in [9.17, 15) is 9.59 Å². The fourth-order valence-electron chi connectivity index (χ4n) is 2.19. The van der Waals surface area contributed by atoms with Gasteiger partial charge >= 0.3 is 5.97 Å². The van der Waals surface area contributed by atoms with Crippen LogP contribution in [-0.4, -0.2) is 23.0 Å². The summed E-state index contributed by atoms with van der Waals surface area (Å²) in [6.45, 7) is 0. The quantitative estimate of drug-likeness (QED) is 0.857. The standard InChI is InChI=1S/C12H15NO3S/c14-11(5-8-3-4-17-7-8)13-10-2-1-9(6-10)12(15)16/h3-4,7,9-10H,1-2,5-6H2,(H,13,14)(H,15,16). The number of amides is 1. The van der Waals surface area contributed by atoms with Crippen LogP contribution in [-0.2, 0) is 16.0 Å². The molecule has 2 unspecified atom stereocenters. The molecule has 0 aromatic carbocycles. The van der Waals surface area contributed by atoms with E-state index in [0.717, 1.165) is 12.0 Å². The van der Waals surface area contributed by atoms with Gasteiger partial charge in [-0.3, -0.25) is 9.59 Å². The van der Waals surface area contributed by atoms with Gasteiger partial charge in [0.2, 0.25) is 5.91 Å². The van der Waals surface area contributed by atoms with Crippen molar-refractivity contribution in [2.24, 2.45) is 5.92 Å². The van der Waals surface area contributed by atoms with Gasteiger partial charge in [-0.15, -0.1) is 0 Å². The first kappa shape index (κ1) is 12.1. The molecule has 5 heteroatoms. The summed E-state index contributed by atoms with van der Waals surface area (Å²) in [5.41, 5.74) is 1.01. The molecule has 2 N–H and O–H groups in total. The normalized spacial score (nSPS) is 23.5. The van der Waals surface area contributed by atoms with Crippen LogP contribution in [0.3, 0.4) is 0 Å². The Labute approximate surface area is 104 Å². The Morgan fingerprint density at radius 2 is 2.29 bits per heavy atom. The van der Waals surface area contributed by atoms with Crippen LogP contribution in [0.4, 0.5) is 0 Å². The Balaban J connectivity index is 1.78. The van der Waals surface area contributed by atoms with E-state index in [-0.39, 0.29) is 17.9 Å². The van der Waals surface area contributed by atoms with Crippen molar-refractivity contribution in [2.45, 2.75) is 31.7 Å². The molecule has 1 fully saturated rings. The molecular formula is C12H15NO3S. The fourth-order valence-corrected chi connectivity index (χ4v) is 2.86. The summed E-state index contributed by atoms with van der Waals surface area (Å²) in [4.78, 5) is 22.5. The maximum atomic E-state index is 11.7. The van der Waals surface area contributed by atoms with E-state index in [1.807, 2.05) is 16.8 Å². The number of carboxylic acid groups (broad SMARTS) is 1. The SMILES string of the molecule is O=C(Cc1ccsc1)NC1CCC(C(=O)O)C1. The van der Waals surface area contributed by atoms with Crippen molar-refractivity contribution in [2.75, 3.05) is 0 Å². The van der Waals surface area contributed by atoms with E-state index in [4.69, 9.17) is 5.11 Å². The van der Waals surface area contributed by atoms with Gasteiger partial charge < -0.3 is 10.4 Å². The highest BCUT2D eigenvalue weighted by molar-refractivity contribution is 7.07. The molecule has 1 aromatic rings. The van der Waals surface area contributed by atoms with Gasteiger partial charge in [0.15, 0.2) is 0 Å². The van der Waals surface area contributed by atoms with Crippen molar-refractivity contribution in [1.29, 1.82) is 0 Å². The average Bonchev–Trinajstić information content (AvgIpc) is 2.88. The summed E-state index contributed by atoms with van der Waals surface area (Å²) >= 11 is 1.57. The third kappa shape index (κ3) is 3.30. The van der Waals surface area contributed by atoms with Crippen LogP contribution in [0, 0.1) is 5.92 Å². The van der Waals surface area contributed by atoms with Crippen molar-refractivity contribution in [3.8, 4) is 0 Å². The second-order valence-electron chi connectivity index (χ2n) is 4.42. The molecule has 0 saturated heterocycles. The maximum absolute atomic E-state index is 11.7. The Kier molecular flexibility index (Phi) is 3.78. The number of nitrogens with one attached hydrogen (secondary N) is 1. The Morgan fingerprint density at radius 3 is 2.88 bits per heavy atom. The second-order valence-corrected chi connectivity index (χ2v) is 5.20. The first-order chi connectivity index (χ1) is 8.15. The minimum atomic E-state index is -0.750. The number of rotatable bonds is 4. The molecule has 17 heavy (non-hydrogen) atoms. The number of hydrogen-bond acceptors (Lipinski definition) is 3. The van der Waals surface area contributed by atoms with Gasteiger partial charge in [-0.1, -0.05) is 0 Å². The van der Waals surface area contributed by atoms with Crippen LogP contribution >= 0.6 is 11.3 Å². The smallest absolute Gasteiger partial charge is 0.306 e. The van der Waals surface area contributed by atoms with Crippen molar-refractivity contribution in [3.63, 3.8) is 0 Å². The van der Waals surface area contributed by atoms with E-state index in [0.29, 0.717) is 19.3 Å². The molecule has 1 aromatic heterocycles. The topological polar surface area (TPSA) is 66.4 Å². The molecular weight excluding hydrogens is 238 g/mol. The molecule has 1 aliphatic rings. The summed E-state index contributed by atoms with van der Waals surface area (Å²) in [5, 5.41) is 15.7. The Morgan fingerprint density at radius 1 is 1.47 bits per heavy atom. The number of hydrogen-bond donors (Lipinski definition) is 2. The molecule has 1 aliphatic carbocycles. The van der Waals surface area contributed by atoms with Gasteiger partial charge in [-0.2, -0.15) is 11.3 Å². The van der Waals surface area contributed by atoms with Crippen LogP contribution < -0.4 is 5.32 Å². The summed E-state index contributed by atoms with van der Waals surface area (Å²) in [6.07, 6.45) is 2.38. The third-order valence-corrected chi connectivity index (χ3v) is 3.82. The van der Waals surface area contributed by atoms with E-state index in [1.165, 1.54) is 0 Å². The molecule has 1 saturated carbocycles. The minimum Gasteiger partial charge on any atom is -0.481 e. The summed E-state index contributed by atoms with van der Waals surface area (Å²) in [5.74, 6) is -1.06. The van der Waals surface area contributed by atoms with E-state index < -0.39 is 5.97 Å². The summed E-state index contributed by atoms with van der Waals surface area (Å²) in [6, 6.07) is 1.96. The van der Waals surface area contributed by atoms with Crippen LogP contribution in [0.1, 0.15) is 24.8 Å². The van der Waals surface area contributed by atoms with Crippen molar-refractivity contribution < 1.29 is 14.7 Å². The number of aliphatic carboxylic acids is 1. The van der Waals surface area contributed by atoms with E-state index in [1.54, 1.807) is 11.3 Å². The lowest BCUT2D eigenvalue weighted by Gasteiger charge is -2.11. The zero-order valence-corrected chi connectivity index (χ0v) is 10.2. The molecule has 0 bridgehead atoms. The molecule has 4 nitrogen and oxygen atoms in total. The molecule has 92 valence electrons. The van der Waals surface area contributed by atoms with Gasteiger partial charge in [0.25, 0.3) is 0 Å². The Hall–Kier alpha value is -1.36. The fraction of sp³-hybridized carbons (Fsp3) is 0.500. The zero-order valence-electron chi connectivity index (χ0n) is 9.39. The number of thiophene rings is 1. The number of carbonyl (C=O) groups is 2. The summed E-state index contributed by atoms with van der Waals surface area (Å²) in [7, 11) is 0. The molecule has 1 amide bonds. The number of carbonyl (C=O) groups excluding carboxylic acids is 1. The average molecular weight is 253 g/mol. The largest absolute Gasteiger partial charge is 0.481 e. The Bertz CT molecular complexity index is 402. The zero-order chi connectivity index (χ0) is 12.3. The van der Waals surface area contributed by atoms with Crippen molar-refractivity contribution in [1.82, 2.24) is 5.32 Å². The van der Waals surface area contributed by atoms with Gasteiger partial charge in [0.05, 0.1) is 12.3 Å². The van der Waals surface area contributed by atoms with Gasteiger partial charge in [-0.05, 0) is 41.7 Å². The van der Waals surface area contributed by atoms with Gasteiger partial charge in [-0.25, -0.2) is 0 Å². The highest BCUT2D eigenvalue weighted by Gasteiger charge is 2.30. The van der Waals surface area contributed by atoms with Crippen molar-refractivity contribution in [3.05, 3.63) is 22.4 Å². The highest BCUT2D eigenvalue weighted by Crippen LogP contribution is 2.25. The van der Waals surface area contributed by atoms with Crippen LogP contribution in [0.2, 0.25) is 0 Å². The second kappa shape index (κ2) is 5.31. The number of carboxylic acids is 1. The maximum Gasteiger partial charge on any atom is 0.306 e. The van der Waals surface area contributed by atoms with E-state index >= 15 is 0 Å². The van der Waals surface area contributed by atoms with Crippen LogP contribution in [0.5, 0.6) is 0 Å². The molecule has 0 spiro atoms. The monoisotopic (exact) mass is 253 g/mol. The van der Waals surface area contributed by atoms with Crippen molar-refractivity contribution >= 4 is 23.2 Å². The third-order valence-electron chi connectivity index (χ3n) is 3.09. The van der Waals surface area contributed by atoms with Crippen LogP contribution in [0.15, 0.2) is 16.8 Å². The molecule has 2 atom stereocenters. The lowest BCUT2D eigenvalue weighted by atomic mass is 10.1. The first-order valence-corrected chi connectivity index (χ1v) is 6.62. The lowest BCUT2D eigenvalue weighted by molar-refractivity contribution is -0.141. The summed E-state index contributed by atoms with van der Waals surface area (Å²) < 4.78 is 0. The van der Waals surface area contributed by atoms with Gasteiger partial charge in [0.1, 0.15) is 0 Å². The first-order valence-electron chi connectivity index (χ1n) is 5.68. The predicted octanol–water partition coefficient (Wildman–Crippen LogP) is 1.66. The molecule has 0 radical (unpaired) electrons. The van der Waals surface area contributed by atoms with Crippen LogP contribution in [0.25, 0.3) is 0 Å². The molecule has 0 aliphatic heterocycles. The van der Waals surface area contributed by atoms with E-state index in [2.05, 4.69) is 5.32 Å². The molecule has 2 rings (SSSR count). The highest BCUT2D eigenvalue weighted by atomic mass is 32.1. The minimum absolute atomic E-state index is 0.0144.